The molecule has 0 aliphatic carbocycles. The first-order valence-corrected chi connectivity index (χ1v) is 7.68. The van der Waals surface area contributed by atoms with E-state index in [0.29, 0.717) is 13.0 Å². The van der Waals surface area contributed by atoms with Crippen LogP contribution in [0, 0.1) is 5.92 Å². The van der Waals surface area contributed by atoms with Crippen LogP contribution in [0.3, 0.4) is 0 Å². The van der Waals surface area contributed by atoms with E-state index in [2.05, 4.69) is 4.74 Å². The quantitative estimate of drug-likeness (QED) is 0.304. The fourth-order valence-electron chi connectivity index (χ4n) is 2.13. The molecular weight excluding hydrogens is 298 g/mol. The predicted octanol–water partition coefficient (Wildman–Crippen LogP) is 1.61. The molecule has 0 heterocycles. The molecule has 0 radical (unpaired) electrons. The summed E-state index contributed by atoms with van der Waals surface area (Å²) < 4.78 is 9.48. The van der Waals surface area contributed by atoms with Gasteiger partial charge in [0.1, 0.15) is 6.04 Å². The van der Waals surface area contributed by atoms with Crippen molar-refractivity contribution in [2.24, 2.45) is 11.7 Å². The van der Waals surface area contributed by atoms with Crippen molar-refractivity contribution in [1.29, 1.82) is 0 Å². The molecule has 2 atom stereocenters. The Balaban J connectivity index is 2.66. The summed E-state index contributed by atoms with van der Waals surface area (Å²) in [7, 11) is 0. The summed E-state index contributed by atoms with van der Waals surface area (Å²) in [6.45, 7) is 2.38. The summed E-state index contributed by atoms with van der Waals surface area (Å²) in [5.41, 5.74) is 6.71. The van der Waals surface area contributed by atoms with Gasteiger partial charge in [-0.1, -0.05) is 43.7 Å². The van der Waals surface area contributed by atoms with E-state index in [4.69, 9.17) is 10.5 Å². The van der Waals surface area contributed by atoms with Crippen molar-refractivity contribution < 1.29 is 23.9 Å². The molecule has 0 spiro atoms. The minimum atomic E-state index is -0.931. The summed E-state index contributed by atoms with van der Waals surface area (Å²) in [5, 5.41) is 0. The molecule has 0 amide bonds. The molecule has 0 fully saturated rings. The molecule has 0 saturated heterocycles. The normalized spacial score (nSPS) is 13.0. The fraction of sp³-hybridized carbons (Fsp3) is 0.471. The van der Waals surface area contributed by atoms with E-state index >= 15 is 0 Å². The average Bonchev–Trinajstić information content (AvgIpc) is 2.55. The highest BCUT2D eigenvalue weighted by Gasteiger charge is 2.27. The Bertz CT molecular complexity index is 503. The van der Waals surface area contributed by atoms with Gasteiger partial charge in [-0.05, 0) is 24.8 Å². The first kappa shape index (κ1) is 18.8. The SMILES string of the molecule is CCCCOC(=O)C(N)CC(Cc1ccccc1)C(=O)OC=O. The van der Waals surface area contributed by atoms with Gasteiger partial charge in [-0.15, -0.1) is 0 Å². The smallest absolute Gasteiger partial charge is 0.322 e. The third-order valence-corrected chi connectivity index (χ3v) is 3.41. The van der Waals surface area contributed by atoms with Crippen molar-refractivity contribution in [2.45, 2.75) is 38.6 Å². The van der Waals surface area contributed by atoms with E-state index in [9.17, 15) is 14.4 Å². The lowest BCUT2D eigenvalue weighted by Gasteiger charge is -2.18. The zero-order valence-corrected chi connectivity index (χ0v) is 13.3. The number of nitrogens with two attached hydrogens (primary N) is 1. The van der Waals surface area contributed by atoms with Crippen LogP contribution in [-0.4, -0.2) is 31.1 Å². The molecule has 23 heavy (non-hydrogen) atoms. The lowest BCUT2D eigenvalue weighted by Crippen LogP contribution is -2.37. The zero-order chi connectivity index (χ0) is 17.1. The standard InChI is InChI=1S/C17H23NO5/c1-2-3-9-22-17(21)15(18)11-14(16(20)23-12-19)10-13-7-5-4-6-8-13/h4-8,12,14-15H,2-3,9-11,18H2,1H3. The van der Waals surface area contributed by atoms with E-state index < -0.39 is 23.9 Å². The molecule has 0 bridgehead atoms. The number of esters is 2. The van der Waals surface area contributed by atoms with Crippen LogP contribution >= 0.6 is 0 Å². The van der Waals surface area contributed by atoms with Gasteiger partial charge in [0.2, 0.25) is 0 Å². The van der Waals surface area contributed by atoms with E-state index in [0.717, 1.165) is 18.4 Å². The van der Waals surface area contributed by atoms with Crippen LogP contribution in [0.5, 0.6) is 0 Å². The molecule has 1 aromatic carbocycles. The first-order valence-electron chi connectivity index (χ1n) is 7.68. The Hall–Kier alpha value is -2.21. The number of ether oxygens (including phenoxy) is 2. The van der Waals surface area contributed by atoms with Crippen molar-refractivity contribution in [2.75, 3.05) is 6.61 Å². The number of hydrogen-bond acceptors (Lipinski definition) is 6. The van der Waals surface area contributed by atoms with Gasteiger partial charge in [0.25, 0.3) is 0 Å². The van der Waals surface area contributed by atoms with Crippen molar-refractivity contribution in [3.05, 3.63) is 35.9 Å². The molecule has 6 heteroatoms. The van der Waals surface area contributed by atoms with Crippen LogP contribution in [0.25, 0.3) is 0 Å². The predicted molar refractivity (Wildman–Crippen MR) is 84.3 cm³/mol. The minimum Gasteiger partial charge on any atom is -0.465 e. The maximum Gasteiger partial charge on any atom is 0.322 e. The van der Waals surface area contributed by atoms with Crippen molar-refractivity contribution >= 4 is 18.4 Å². The van der Waals surface area contributed by atoms with Gasteiger partial charge < -0.3 is 15.2 Å². The van der Waals surface area contributed by atoms with E-state index in [1.807, 2.05) is 37.3 Å². The second-order valence-electron chi connectivity index (χ2n) is 5.28. The highest BCUT2D eigenvalue weighted by Crippen LogP contribution is 2.16. The largest absolute Gasteiger partial charge is 0.465 e. The monoisotopic (exact) mass is 321 g/mol. The summed E-state index contributed by atoms with van der Waals surface area (Å²) >= 11 is 0. The molecule has 1 aromatic rings. The molecule has 0 saturated carbocycles. The van der Waals surface area contributed by atoms with Gasteiger partial charge >= 0.3 is 18.4 Å². The van der Waals surface area contributed by atoms with Crippen molar-refractivity contribution in [1.82, 2.24) is 0 Å². The molecule has 2 unspecified atom stereocenters. The summed E-state index contributed by atoms with van der Waals surface area (Å²) in [6, 6.07) is 8.32. The van der Waals surface area contributed by atoms with Gasteiger partial charge in [-0.2, -0.15) is 0 Å². The summed E-state index contributed by atoms with van der Waals surface area (Å²) in [5.74, 6) is -1.92. The maximum absolute atomic E-state index is 11.9. The van der Waals surface area contributed by atoms with Crippen LogP contribution in [0.4, 0.5) is 0 Å². The molecule has 6 nitrogen and oxygen atoms in total. The summed E-state index contributed by atoms with van der Waals surface area (Å²) in [4.78, 5) is 34.1. The Morgan fingerprint density at radius 1 is 1.22 bits per heavy atom. The number of carbonyl (C=O) groups excluding carboxylic acids is 3. The molecule has 0 aliphatic heterocycles. The van der Waals surface area contributed by atoms with Crippen LogP contribution in [-0.2, 0) is 30.3 Å². The Labute approximate surface area is 135 Å². The van der Waals surface area contributed by atoms with Crippen LogP contribution in [0.2, 0.25) is 0 Å². The van der Waals surface area contributed by atoms with Crippen molar-refractivity contribution in [3.8, 4) is 0 Å². The molecular formula is C17H23NO5. The lowest BCUT2D eigenvalue weighted by molar-refractivity contribution is -0.155. The Kier molecular flexibility index (Phi) is 8.60. The maximum atomic E-state index is 11.9. The third-order valence-electron chi connectivity index (χ3n) is 3.41. The topological polar surface area (TPSA) is 95.7 Å². The minimum absolute atomic E-state index is 0.0620. The van der Waals surface area contributed by atoms with E-state index in [1.54, 1.807) is 0 Å². The number of hydrogen-bond donors (Lipinski definition) is 1. The Morgan fingerprint density at radius 2 is 1.91 bits per heavy atom. The van der Waals surface area contributed by atoms with E-state index in [-0.39, 0.29) is 12.9 Å². The van der Waals surface area contributed by atoms with E-state index in [1.165, 1.54) is 0 Å². The van der Waals surface area contributed by atoms with Gasteiger partial charge in [0.15, 0.2) is 0 Å². The lowest BCUT2D eigenvalue weighted by atomic mass is 9.93. The Morgan fingerprint density at radius 3 is 2.52 bits per heavy atom. The molecule has 2 N–H and O–H groups in total. The summed E-state index contributed by atoms with van der Waals surface area (Å²) in [6.07, 6.45) is 2.07. The van der Waals surface area contributed by atoms with Crippen LogP contribution in [0.1, 0.15) is 31.7 Å². The second kappa shape index (κ2) is 10.5. The molecule has 0 aliphatic rings. The van der Waals surface area contributed by atoms with Gasteiger partial charge in [0, 0.05) is 0 Å². The van der Waals surface area contributed by atoms with Crippen LogP contribution < -0.4 is 5.73 Å². The number of benzene rings is 1. The first-order chi connectivity index (χ1) is 11.1. The number of unbranched alkanes of at least 4 members (excludes halogenated alkanes) is 1. The van der Waals surface area contributed by atoms with Gasteiger partial charge in [-0.3, -0.25) is 14.4 Å². The highest BCUT2D eigenvalue weighted by atomic mass is 16.6. The van der Waals surface area contributed by atoms with Gasteiger partial charge in [0.05, 0.1) is 12.5 Å². The highest BCUT2D eigenvalue weighted by molar-refractivity contribution is 5.81. The van der Waals surface area contributed by atoms with Crippen LogP contribution in [0.15, 0.2) is 30.3 Å². The molecule has 1 rings (SSSR count). The average molecular weight is 321 g/mol. The zero-order valence-electron chi connectivity index (χ0n) is 13.3. The third kappa shape index (κ3) is 7.06. The number of rotatable bonds is 10. The molecule has 126 valence electrons. The van der Waals surface area contributed by atoms with Gasteiger partial charge in [-0.25, -0.2) is 0 Å². The second-order valence-corrected chi connectivity index (χ2v) is 5.28. The fourth-order valence-corrected chi connectivity index (χ4v) is 2.13. The molecule has 0 aromatic heterocycles. The number of carbonyl (C=O) groups is 3. The van der Waals surface area contributed by atoms with Crippen molar-refractivity contribution in [3.63, 3.8) is 0 Å².